The van der Waals surface area contributed by atoms with E-state index in [9.17, 15) is 5.11 Å². The summed E-state index contributed by atoms with van der Waals surface area (Å²) in [5, 5.41) is 18.9. The summed E-state index contributed by atoms with van der Waals surface area (Å²) in [7, 11) is 4.06. The first kappa shape index (κ1) is 27.5. The number of rotatable bonds is 15. The highest BCUT2D eigenvalue weighted by atomic mass is 33.1. The Morgan fingerprint density at radius 3 is 1.90 bits per heavy atom. The number of likely N-dealkylation sites (tertiary alicyclic amines) is 2. The summed E-state index contributed by atoms with van der Waals surface area (Å²) in [4.78, 5) is 5.20. The van der Waals surface area contributed by atoms with Gasteiger partial charge in [0.2, 0.25) is 0 Å². The maximum absolute atomic E-state index is 9.86. The van der Waals surface area contributed by atoms with Crippen LogP contribution in [0.4, 0.5) is 0 Å². The first-order valence-electron chi connectivity index (χ1n) is 12.2. The van der Waals surface area contributed by atoms with Gasteiger partial charge in [0.25, 0.3) is 0 Å². The van der Waals surface area contributed by atoms with Crippen LogP contribution in [0.3, 0.4) is 0 Å². The third-order valence-corrected chi connectivity index (χ3v) is 9.56. The number of nitrogens with zero attached hydrogens (tertiary/aromatic N) is 2. The Hall–Kier alpha value is 0.240. The van der Waals surface area contributed by atoms with Crippen molar-refractivity contribution in [2.45, 2.75) is 64.1 Å². The van der Waals surface area contributed by atoms with Gasteiger partial charge >= 0.3 is 0 Å². The maximum Gasteiger partial charge on any atom is 0.109 e. The van der Waals surface area contributed by atoms with Gasteiger partial charge in [-0.15, -0.1) is 6.58 Å². The molecule has 182 valence electrons. The minimum atomic E-state index is -0.633. The molecule has 2 atom stereocenters. The molecule has 2 N–H and O–H groups in total. The second-order valence-electron chi connectivity index (χ2n) is 9.43. The highest BCUT2D eigenvalue weighted by Gasteiger charge is 2.28. The van der Waals surface area contributed by atoms with E-state index in [1.54, 1.807) is 13.0 Å². The monoisotopic (exact) mass is 474 g/mol. The standard InChI is InChI=1S/C24H46N2O3S2/c1-4-24(3,21(2)28)29-18-10-23-7-13-26(14-8-23)16-20-31-30-19-15-25-11-5-22(6-12-25)9-17-27/h4,21-23,27-28H,1,5-20H2,2-3H3/t21-,24?/m0/s1. The average Bonchev–Trinajstić information content (AvgIpc) is 2.78. The SMILES string of the molecule is C=CC(C)(OCCC1CCN(CCSSCCN2CCC(CCO)CC2)CC1)[C@H](C)O. The van der Waals surface area contributed by atoms with Crippen molar-refractivity contribution in [3.8, 4) is 0 Å². The van der Waals surface area contributed by atoms with Crippen LogP contribution >= 0.6 is 21.6 Å². The minimum Gasteiger partial charge on any atom is -0.396 e. The zero-order valence-electron chi connectivity index (χ0n) is 19.8. The van der Waals surface area contributed by atoms with Gasteiger partial charge in [0.1, 0.15) is 5.60 Å². The van der Waals surface area contributed by atoms with Crippen LogP contribution in [0.5, 0.6) is 0 Å². The summed E-state index contributed by atoms with van der Waals surface area (Å²) in [6.45, 7) is 15.7. The highest BCUT2D eigenvalue weighted by Crippen LogP contribution is 2.26. The van der Waals surface area contributed by atoms with Gasteiger partial charge < -0.3 is 24.7 Å². The Morgan fingerprint density at radius 2 is 1.48 bits per heavy atom. The summed E-state index contributed by atoms with van der Waals surface area (Å²) in [6.07, 6.45) is 8.28. The van der Waals surface area contributed by atoms with Crippen molar-refractivity contribution in [1.82, 2.24) is 9.80 Å². The van der Waals surface area contributed by atoms with E-state index in [0.29, 0.717) is 13.2 Å². The molecule has 31 heavy (non-hydrogen) atoms. The number of ether oxygens (including phenoxy) is 1. The molecule has 0 radical (unpaired) electrons. The van der Waals surface area contributed by atoms with Gasteiger partial charge in [0.15, 0.2) is 0 Å². The van der Waals surface area contributed by atoms with Gasteiger partial charge in [-0.05, 0) is 90.4 Å². The van der Waals surface area contributed by atoms with Crippen molar-refractivity contribution in [3.63, 3.8) is 0 Å². The second-order valence-corrected chi connectivity index (χ2v) is 12.1. The normalized spacial score (nSPS) is 23.0. The maximum atomic E-state index is 9.86. The lowest BCUT2D eigenvalue weighted by Gasteiger charge is -2.33. The lowest BCUT2D eigenvalue weighted by Crippen LogP contribution is -2.39. The van der Waals surface area contributed by atoms with Crippen LogP contribution < -0.4 is 0 Å². The molecule has 2 aliphatic rings. The molecule has 5 nitrogen and oxygen atoms in total. The second kappa shape index (κ2) is 15.2. The molecule has 0 aliphatic carbocycles. The fourth-order valence-electron chi connectivity index (χ4n) is 4.43. The summed E-state index contributed by atoms with van der Waals surface area (Å²) < 4.78 is 5.93. The van der Waals surface area contributed by atoms with Crippen LogP contribution in [-0.4, -0.2) is 95.7 Å². The predicted molar refractivity (Wildman–Crippen MR) is 136 cm³/mol. The summed E-state index contributed by atoms with van der Waals surface area (Å²) in [5.41, 5.74) is -0.633. The predicted octanol–water partition coefficient (Wildman–Crippen LogP) is 3.91. The van der Waals surface area contributed by atoms with E-state index >= 15 is 0 Å². The lowest BCUT2D eigenvalue weighted by atomic mass is 9.93. The molecular formula is C24H46N2O3S2. The van der Waals surface area contributed by atoms with E-state index in [1.165, 1.54) is 76.5 Å². The largest absolute Gasteiger partial charge is 0.396 e. The number of hydrogen-bond acceptors (Lipinski definition) is 7. The third-order valence-electron chi connectivity index (χ3n) is 7.19. The van der Waals surface area contributed by atoms with Crippen molar-refractivity contribution in [2.75, 3.05) is 64.0 Å². The van der Waals surface area contributed by atoms with Gasteiger partial charge in [-0.2, -0.15) is 0 Å². The molecule has 0 aromatic heterocycles. The van der Waals surface area contributed by atoms with Gasteiger partial charge in [-0.25, -0.2) is 0 Å². The summed E-state index contributed by atoms with van der Waals surface area (Å²) >= 11 is 0. The van der Waals surface area contributed by atoms with Crippen molar-refractivity contribution in [1.29, 1.82) is 0 Å². The Balaban J connectivity index is 1.44. The fraction of sp³-hybridized carbons (Fsp3) is 0.917. The highest BCUT2D eigenvalue weighted by molar-refractivity contribution is 8.76. The van der Waals surface area contributed by atoms with E-state index < -0.39 is 11.7 Å². The molecule has 2 rings (SSSR count). The Kier molecular flexibility index (Phi) is 13.5. The van der Waals surface area contributed by atoms with Crippen molar-refractivity contribution < 1.29 is 14.9 Å². The van der Waals surface area contributed by atoms with Crippen LogP contribution in [0, 0.1) is 11.8 Å². The number of aliphatic hydroxyl groups is 2. The Bertz CT molecular complexity index is 481. The van der Waals surface area contributed by atoms with Crippen molar-refractivity contribution in [2.24, 2.45) is 11.8 Å². The molecule has 2 heterocycles. The molecule has 0 aromatic rings. The minimum absolute atomic E-state index is 0.350. The van der Waals surface area contributed by atoms with Gasteiger partial charge in [-0.3, -0.25) is 0 Å². The molecule has 1 unspecified atom stereocenters. The molecule has 2 aliphatic heterocycles. The molecule has 0 bridgehead atoms. The van der Waals surface area contributed by atoms with E-state index in [-0.39, 0.29) is 0 Å². The molecule has 7 heteroatoms. The van der Waals surface area contributed by atoms with Crippen LogP contribution in [0.2, 0.25) is 0 Å². The number of piperidine rings is 2. The van der Waals surface area contributed by atoms with Gasteiger partial charge in [-0.1, -0.05) is 27.7 Å². The summed E-state index contributed by atoms with van der Waals surface area (Å²) in [5.74, 6) is 3.91. The quantitative estimate of drug-likeness (QED) is 0.212. The van der Waals surface area contributed by atoms with Crippen LogP contribution in [0.25, 0.3) is 0 Å². The van der Waals surface area contributed by atoms with E-state index in [0.717, 1.165) is 24.7 Å². The first-order chi connectivity index (χ1) is 15.0. The third kappa shape index (κ3) is 10.4. The van der Waals surface area contributed by atoms with Gasteiger partial charge in [0.05, 0.1) is 6.10 Å². The zero-order valence-corrected chi connectivity index (χ0v) is 21.5. The molecule has 2 fully saturated rings. The van der Waals surface area contributed by atoms with Crippen LogP contribution in [0.15, 0.2) is 12.7 Å². The first-order valence-corrected chi connectivity index (χ1v) is 14.7. The van der Waals surface area contributed by atoms with Crippen molar-refractivity contribution in [3.05, 3.63) is 12.7 Å². The van der Waals surface area contributed by atoms with Crippen LogP contribution in [-0.2, 0) is 4.74 Å². The molecular weight excluding hydrogens is 428 g/mol. The van der Waals surface area contributed by atoms with Gasteiger partial charge in [0, 0.05) is 37.8 Å². The zero-order chi connectivity index (χ0) is 22.5. The molecule has 2 saturated heterocycles. The lowest BCUT2D eigenvalue weighted by molar-refractivity contribution is -0.0774. The smallest absolute Gasteiger partial charge is 0.109 e. The van der Waals surface area contributed by atoms with E-state index in [1.807, 2.05) is 28.5 Å². The Labute approximate surface area is 198 Å². The van der Waals surface area contributed by atoms with Crippen molar-refractivity contribution >= 4 is 21.6 Å². The number of hydrogen-bond donors (Lipinski definition) is 2. The topological polar surface area (TPSA) is 56.2 Å². The average molecular weight is 475 g/mol. The summed E-state index contributed by atoms with van der Waals surface area (Å²) in [6, 6.07) is 0. The molecule has 0 saturated carbocycles. The molecule has 0 aromatic carbocycles. The van der Waals surface area contributed by atoms with E-state index in [2.05, 4.69) is 16.4 Å². The molecule has 0 amide bonds. The van der Waals surface area contributed by atoms with E-state index in [4.69, 9.17) is 9.84 Å². The molecule has 0 spiro atoms. The van der Waals surface area contributed by atoms with Crippen LogP contribution in [0.1, 0.15) is 52.4 Å². The number of aliphatic hydroxyl groups excluding tert-OH is 2. The fourth-order valence-corrected chi connectivity index (χ4v) is 6.48. The Morgan fingerprint density at radius 1 is 1.00 bits per heavy atom.